The Kier molecular flexibility index (Phi) is 6.43. The maximum absolute atomic E-state index is 13.9. The topological polar surface area (TPSA) is 52.7 Å². The van der Waals surface area contributed by atoms with Crippen LogP contribution in [-0.4, -0.2) is 60.9 Å². The Balaban J connectivity index is 0.00000208. The molecule has 2 fully saturated rings. The Morgan fingerprint density at radius 1 is 1.17 bits per heavy atom. The number of amides is 2. The maximum atomic E-state index is 13.9. The Hall–Kier alpha value is -1.37. The molecular weight excluding hydrogens is 356 g/mol. The minimum Gasteiger partial charge on any atom is -0.339 e. The van der Waals surface area contributed by atoms with Gasteiger partial charge in [-0.2, -0.15) is 0 Å². The highest BCUT2D eigenvalue weighted by Gasteiger charge is 2.31. The van der Waals surface area contributed by atoms with E-state index in [0.717, 1.165) is 19.5 Å². The number of hydrogen-bond donors (Lipinski definition) is 1. The molecule has 24 heavy (non-hydrogen) atoms. The fraction of sp³-hybridized carbons (Fsp3) is 0.500. The van der Waals surface area contributed by atoms with Gasteiger partial charge < -0.3 is 15.1 Å². The Labute approximate surface area is 151 Å². The first-order valence-corrected chi connectivity index (χ1v) is 8.18. The van der Waals surface area contributed by atoms with Gasteiger partial charge in [-0.1, -0.05) is 17.7 Å². The highest BCUT2D eigenvalue weighted by Crippen LogP contribution is 2.22. The molecule has 1 unspecified atom stereocenters. The number of nitrogens with one attached hydrogen (secondary N) is 1. The van der Waals surface area contributed by atoms with E-state index in [1.54, 1.807) is 9.80 Å². The number of benzene rings is 1. The van der Waals surface area contributed by atoms with E-state index in [4.69, 9.17) is 11.6 Å². The van der Waals surface area contributed by atoms with Crippen LogP contribution in [0.4, 0.5) is 4.39 Å². The van der Waals surface area contributed by atoms with E-state index >= 15 is 0 Å². The van der Waals surface area contributed by atoms with Gasteiger partial charge in [0.2, 0.25) is 5.91 Å². The second-order valence-electron chi connectivity index (χ2n) is 5.90. The molecule has 0 saturated carbocycles. The van der Waals surface area contributed by atoms with E-state index in [1.807, 2.05) is 0 Å². The number of carbonyl (C=O) groups excluding carboxylic acids is 2. The summed E-state index contributed by atoms with van der Waals surface area (Å²) in [6.07, 6.45) is 0.864. The normalized spacial score (nSPS) is 20.7. The van der Waals surface area contributed by atoms with E-state index in [0.29, 0.717) is 26.2 Å². The Morgan fingerprint density at radius 3 is 2.42 bits per heavy atom. The number of nitrogens with zero attached hydrogens (tertiary/aromatic N) is 2. The quantitative estimate of drug-likeness (QED) is 0.857. The summed E-state index contributed by atoms with van der Waals surface area (Å²) < 4.78 is 13.9. The molecule has 0 bridgehead atoms. The van der Waals surface area contributed by atoms with E-state index in [9.17, 15) is 14.0 Å². The lowest BCUT2D eigenvalue weighted by Gasteiger charge is -2.36. The number of rotatable bonds is 2. The predicted molar refractivity (Wildman–Crippen MR) is 92.1 cm³/mol. The fourth-order valence-corrected chi connectivity index (χ4v) is 3.36. The lowest BCUT2D eigenvalue weighted by atomic mass is 10.1. The number of carbonyl (C=O) groups is 2. The summed E-state index contributed by atoms with van der Waals surface area (Å²) in [5, 5.41) is 3.30. The van der Waals surface area contributed by atoms with Gasteiger partial charge >= 0.3 is 0 Å². The van der Waals surface area contributed by atoms with Crippen LogP contribution in [0.5, 0.6) is 0 Å². The molecule has 5 nitrogen and oxygen atoms in total. The zero-order chi connectivity index (χ0) is 16.4. The lowest BCUT2D eigenvalue weighted by Crippen LogP contribution is -2.52. The second-order valence-corrected chi connectivity index (χ2v) is 6.31. The number of piperazine rings is 1. The van der Waals surface area contributed by atoms with Crippen LogP contribution < -0.4 is 5.32 Å². The summed E-state index contributed by atoms with van der Waals surface area (Å²) in [5.41, 5.74) is -0.0889. The molecule has 0 aromatic heterocycles. The molecule has 2 aliphatic heterocycles. The largest absolute Gasteiger partial charge is 0.339 e. The van der Waals surface area contributed by atoms with Crippen molar-refractivity contribution < 1.29 is 14.0 Å². The molecule has 0 spiro atoms. The van der Waals surface area contributed by atoms with Crippen molar-refractivity contribution in [3.8, 4) is 0 Å². The molecule has 2 aliphatic rings. The molecule has 0 radical (unpaired) electrons. The van der Waals surface area contributed by atoms with Crippen molar-refractivity contribution in [2.75, 3.05) is 39.3 Å². The third-order valence-corrected chi connectivity index (χ3v) is 4.78. The number of hydrogen-bond acceptors (Lipinski definition) is 3. The summed E-state index contributed by atoms with van der Waals surface area (Å²) in [7, 11) is 0. The van der Waals surface area contributed by atoms with Crippen LogP contribution in [0.2, 0.25) is 5.02 Å². The van der Waals surface area contributed by atoms with Crippen LogP contribution >= 0.6 is 24.0 Å². The number of halogens is 3. The highest BCUT2D eigenvalue weighted by molar-refractivity contribution is 6.33. The van der Waals surface area contributed by atoms with Crippen LogP contribution in [0.25, 0.3) is 0 Å². The molecule has 132 valence electrons. The van der Waals surface area contributed by atoms with Crippen LogP contribution in [-0.2, 0) is 4.79 Å². The van der Waals surface area contributed by atoms with E-state index in [2.05, 4.69) is 5.32 Å². The predicted octanol–water partition coefficient (Wildman–Crippen LogP) is 1.79. The average molecular weight is 376 g/mol. The molecule has 2 heterocycles. The average Bonchev–Trinajstić information content (AvgIpc) is 3.08. The Bertz CT molecular complexity index is 595. The van der Waals surface area contributed by atoms with Gasteiger partial charge in [-0.25, -0.2) is 4.39 Å². The summed E-state index contributed by atoms with van der Waals surface area (Å²) in [5.74, 6) is -0.843. The summed E-state index contributed by atoms with van der Waals surface area (Å²) in [4.78, 5) is 28.2. The maximum Gasteiger partial charge on any atom is 0.258 e. The van der Waals surface area contributed by atoms with Gasteiger partial charge in [0.25, 0.3) is 5.91 Å². The summed E-state index contributed by atoms with van der Waals surface area (Å²) >= 11 is 5.95. The molecule has 1 aromatic rings. The molecule has 3 rings (SSSR count). The summed E-state index contributed by atoms with van der Waals surface area (Å²) in [6, 6.07) is 4.21. The zero-order valence-corrected chi connectivity index (χ0v) is 14.7. The summed E-state index contributed by atoms with van der Waals surface area (Å²) in [6.45, 7) is 3.36. The third-order valence-electron chi connectivity index (χ3n) is 4.46. The van der Waals surface area contributed by atoms with Gasteiger partial charge in [0.15, 0.2) is 0 Å². The SMILES string of the molecule is Cl.O=C(c1c(F)cccc1Cl)N1CCN(C(=O)C2CCNC2)CC1. The smallest absolute Gasteiger partial charge is 0.258 e. The first kappa shape index (κ1) is 19.0. The van der Waals surface area contributed by atoms with Crippen molar-refractivity contribution in [2.24, 2.45) is 5.92 Å². The monoisotopic (exact) mass is 375 g/mol. The van der Waals surface area contributed by atoms with Gasteiger partial charge in [-0.3, -0.25) is 9.59 Å². The van der Waals surface area contributed by atoms with Gasteiger partial charge in [0, 0.05) is 32.7 Å². The van der Waals surface area contributed by atoms with Gasteiger partial charge in [0.1, 0.15) is 5.82 Å². The molecule has 1 N–H and O–H groups in total. The van der Waals surface area contributed by atoms with Gasteiger partial charge in [-0.05, 0) is 25.1 Å². The molecular formula is C16H20Cl2FN3O2. The van der Waals surface area contributed by atoms with E-state index < -0.39 is 11.7 Å². The van der Waals surface area contributed by atoms with Crippen molar-refractivity contribution in [3.05, 3.63) is 34.6 Å². The zero-order valence-electron chi connectivity index (χ0n) is 13.1. The third kappa shape index (κ3) is 3.82. The highest BCUT2D eigenvalue weighted by atomic mass is 35.5. The molecule has 1 atom stereocenters. The minimum absolute atomic E-state index is 0. The van der Waals surface area contributed by atoms with E-state index in [1.165, 1.54) is 18.2 Å². The first-order valence-electron chi connectivity index (χ1n) is 7.80. The van der Waals surface area contributed by atoms with Crippen LogP contribution in [0.1, 0.15) is 16.8 Å². The first-order chi connectivity index (χ1) is 11.1. The molecule has 0 aliphatic carbocycles. The van der Waals surface area contributed by atoms with Crippen molar-refractivity contribution in [1.29, 1.82) is 0 Å². The van der Waals surface area contributed by atoms with Gasteiger partial charge in [0.05, 0.1) is 16.5 Å². The minimum atomic E-state index is -0.613. The van der Waals surface area contributed by atoms with Crippen LogP contribution in [0.15, 0.2) is 18.2 Å². The van der Waals surface area contributed by atoms with Crippen LogP contribution in [0.3, 0.4) is 0 Å². The van der Waals surface area contributed by atoms with Crippen molar-refractivity contribution >= 4 is 35.8 Å². The second kappa shape index (κ2) is 8.14. The standard InChI is InChI=1S/C16H19ClFN3O2.ClH/c17-12-2-1-3-13(18)14(12)16(23)21-8-6-20(7-9-21)15(22)11-4-5-19-10-11;/h1-3,11,19H,4-10H2;1H. The van der Waals surface area contributed by atoms with Crippen molar-refractivity contribution in [2.45, 2.75) is 6.42 Å². The molecule has 2 amide bonds. The fourth-order valence-electron chi connectivity index (χ4n) is 3.11. The van der Waals surface area contributed by atoms with Crippen molar-refractivity contribution in [1.82, 2.24) is 15.1 Å². The van der Waals surface area contributed by atoms with Crippen molar-refractivity contribution in [3.63, 3.8) is 0 Å². The molecule has 8 heteroatoms. The lowest BCUT2D eigenvalue weighted by molar-refractivity contribution is -0.136. The Morgan fingerprint density at radius 2 is 1.83 bits per heavy atom. The van der Waals surface area contributed by atoms with E-state index in [-0.39, 0.29) is 34.8 Å². The van der Waals surface area contributed by atoms with Crippen LogP contribution in [0, 0.1) is 11.7 Å². The van der Waals surface area contributed by atoms with Gasteiger partial charge in [-0.15, -0.1) is 12.4 Å². The molecule has 1 aromatic carbocycles. The molecule has 2 saturated heterocycles.